The topological polar surface area (TPSA) is 32.3 Å². The lowest BCUT2D eigenvalue weighted by Crippen LogP contribution is -2.29. The van der Waals surface area contributed by atoms with E-state index in [9.17, 15) is 5.11 Å². The number of hydrogen-bond acceptors (Lipinski definition) is 2. The Bertz CT molecular complexity index is 390. The molecule has 0 bridgehead atoms. The normalized spacial score (nSPS) is 13.7. The van der Waals surface area contributed by atoms with Gasteiger partial charge < -0.3 is 10.4 Å². The predicted molar refractivity (Wildman–Crippen MR) is 80.9 cm³/mol. The maximum absolute atomic E-state index is 9.87. The summed E-state index contributed by atoms with van der Waals surface area (Å²) in [6.45, 7) is 7.64. The van der Waals surface area contributed by atoms with Crippen molar-refractivity contribution in [2.75, 3.05) is 6.54 Å². The van der Waals surface area contributed by atoms with Gasteiger partial charge in [-0.2, -0.15) is 0 Å². The minimum absolute atomic E-state index is 0.149. The van der Waals surface area contributed by atoms with E-state index >= 15 is 0 Å². The van der Waals surface area contributed by atoms with Crippen LogP contribution in [0.3, 0.4) is 0 Å². The van der Waals surface area contributed by atoms with E-state index in [1.807, 2.05) is 18.2 Å². The van der Waals surface area contributed by atoms with E-state index in [2.05, 4.69) is 42.0 Å². The second kappa shape index (κ2) is 6.90. The van der Waals surface area contributed by atoms with Crippen molar-refractivity contribution >= 4 is 27.5 Å². The fourth-order valence-corrected chi connectivity index (χ4v) is 2.56. The number of halogens is 2. The highest BCUT2D eigenvalue weighted by Gasteiger charge is 2.16. The summed E-state index contributed by atoms with van der Waals surface area (Å²) >= 11 is 9.49. The van der Waals surface area contributed by atoms with Crippen LogP contribution in [0.25, 0.3) is 0 Å². The minimum atomic E-state index is -0.320. The molecule has 2 nitrogen and oxygen atoms in total. The molecule has 0 aromatic heterocycles. The molecule has 0 aliphatic heterocycles. The molecule has 0 saturated carbocycles. The Morgan fingerprint density at radius 3 is 2.61 bits per heavy atom. The lowest BCUT2D eigenvalue weighted by atomic mass is 9.89. The summed E-state index contributed by atoms with van der Waals surface area (Å²) in [4.78, 5) is 0. The summed E-state index contributed by atoms with van der Waals surface area (Å²) in [6.07, 6.45) is 0.466. The van der Waals surface area contributed by atoms with Gasteiger partial charge in [0.1, 0.15) is 0 Å². The van der Waals surface area contributed by atoms with E-state index in [0.717, 1.165) is 21.5 Å². The first kappa shape index (κ1) is 16.0. The van der Waals surface area contributed by atoms with E-state index < -0.39 is 0 Å². The molecule has 102 valence electrons. The SMILES string of the molecule is CC(C)(C)CC(O)CNCc1ccc(Br)cc1Cl. The average molecular weight is 335 g/mol. The van der Waals surface area contributed by atoms with Crippen molar-refractivity contribution < 1.29 is 5.11 Å². The van der Waals surface area contributed by atoms with Crippen LogP contribution in [0, 0.1) is 5.41 Å². The third kappa shape index (κ3) is 6.19. The molecule has 0 spiro atoms. The largest absolute Gasteiger partial charge is 0.392 e. The first-order chi connectivity index (χ1) is 8.28. The maximum Gasteiger partial charge on any atom is 0.0669 e. The third-order valence-corrected chi connectivity index (χ3v) is 3.40. The minimum Gasteiger partial charge on any atom is -0.392 e. The molecule has 1 rings (SSSR count). The lowest BCUT2D eigenvalue weighted by molar-refractivity contribution is 0.119. The van der Waals surface area contributed by atoms with Crippen LogP contribution in [0.1, 0.15) is 32.8 Å². The van der Waals surface area contributed by atoms with Gasteiger partial charge in [-0.3, -0.25) is 0 Å². The molecule has 0 aliphatic carbocycles. The molecular weight excluding hydrogens is 314 g/mol. The second-order valence-corrected chi connectivity index (χ2v) is 7.11. The number of aliphatic hydroxyl groups is 1. The van der Waals surface area contributed by atoms with Crippen LogP contribution >= 0.6 is 27.5 Å². The average Bonchev–Trinajstić information content (AvgIpc) is 2.18. The summed E-state index contributed by atoms with van der Waals surface area (Å²) in [6, 6.07) is 5.83. The van der Waals surface area contributed by atoms with Crippen molar-refractivity contribution in [1.82, 2.24) is 5.32 Å². The lowest BCUT2D eigenvalue weighted by Gasteiger charge is -2.22. The summed E-state index contributed by atoms with van der Waals surface area (Å²) in [5, 5.41) is 13.8. The number of rotatable bonds is 5. The van der Waals surface area contributed by atoms with Crippen LogP contribution in [-0.2, 0) is 6.54 Å². The predicted octanol–water partition coefficient (Wildman–Crippen LogP) is 3.99. The van der Waals surface area contributed by atoms with E-state index in [1.165, 1.54) is 0 Å². The molecule has 1 atom stereocenters. The maximum atomic E-state index is 9.87. The fraction of sp³-hybridized carbons (Fsp3) is 0.571. The zero-order chi connectivity index (χ0) is 13.8. The Morgan fingerprint density at radius 1 is 1.39 bits per heavy atom. The van der Waals surface area contributed by atoms with Crippen molar-refractivity contribution in [3.8, 4) is 0 Å². The monoisotopic (exact) mass is 333 g/mol. The van der Waals surface area contributed by atoms with Crippen LogP contribution in [-0.4, -0.2) is 17.8 Å². The van der Waals surface area contributed by atoms with Gasteiger partial charge >= 0.3 is 0 Å². The molecular formula is C14H21BrClNO. The highest BCUT2D eigenvalue weighted by molar-refractivity contribution is 9.10. The molecule has 1 unspecified atom stereocenters. The Kier molecular flexibility index (Phi) is 6.12. The highest BCUT2D eigenvalue weighted by Crippen LogP contribution is 2.22. The van der Waals surface area contributed by atoms with E-state index in [-0.39, 0.29) is 11.5 Å². The quantitative estimate of drug-likeness (QED) is 0.853. The molecule has 4 heteroatoms. The molecule has 0 heterocycles. The fourth-order valence-electron chi connectivity index (χ4n) is 1.82. The standard InChI is InChI=1S/C14H21BrClNO/c1-14(2,3)7-12(18)9-17-8-10-4-5-11(15)6-13(10)16/h4-6,12,17-18H,7-9H2,1-3H3. The number of hydrogen-bond donors (Lipinski definition) is 2. The molecule has 1 aromatic carbocycles. The van der Waals surface area contributed by atoms with E-state index in [1.54, 1.807) is 0 Å². The first-order valence-corrected chi connectivity index (χ1v) is 7.28. The van der Waals surface area contributed by atoms with Gasteiger partial charge in [0.2, 0.25) is 0 Å². The molecule has 1 aromatic rings. The summed E-state index contributed by atoms with van der Waals surface area (Å²) < 4.78 is 0.976. The van der Waals surface area contributed by atoms with Crippen LogP contribution in [0.2, 0.25) is 5.02 Å². The molecule has 0 saturated heterocycles. The Labute approximate surface area is 123 Å². The molecule has 0 aliphatic rings. The van der Waals surface area contributed by atoms with E-state index in [4.69, 9.17) is 11.6 Å². The molecule has 18 heavy (non-hydrogen) atoms. The summed E-state index contributed by atoms with van der Waals surface area (Å²) in [5.41, 5.74) is 1.19. The zero-order valence-electron chi connectivity index (χ0n) is 11.1. The Balaban J connectivity index is 2.37. The second-order valence-electron chi connectivity index (χ2n) is 5.79. The van der Waals surface area contributed by atoms with Gasteiger partial charge in [0.25, 0.3) is 0 Å². The van der Waals surface area contributed by atoms with Crippen molar-refractivity contribution in [2.45, 2.75) is 39.8 Å². The first-order valence-electron chi connectivity index (χ1n) is 6.10. The summed E-state index contributed by atoms with van der Waals surface area (Å²) in [5.74, 6) is 0. The molecule has 2 N–H and O–H groups in total. The highest BCUT2D eigenvalue weighted by atomic mass is 79.9. The zero-order valence-corrected chi connectivity index (χ0v) is 13.5. The van der Waals surface area contributed by atoms with Crippen molar-refractivity contribution in [2.24, 2.45) is 5.41 Å². The number of aliphatic hydroxyl groups excluding tert-OH is 1. The smallest absolute Gasteiger partial charge is 0.0669 e. The molecule has 0 radical (unpaired) electrons. The Morgan fingerprint density at radius 2 is 2.06 bits per heavy atom. The van der Waals surface area contributed by atoms with Crippen LogP contribution in [0.15, 0.2) is 22.7 Å². The van der Waals surface area contributed by atoms with Gasteiger partial charge in [-0.25, -0.2) is 0 Å². The van der Waals surface area contributed by atoms with Crippen LogP contribution in [0.4, 0.5) is 0 Å². The van der Waals surface area contributed by atoms with E-state index in [0.29, 0.717) is 13.1 Å². The van der Waals surface area contributed by atoms with Gasteiger partial charge in [-0.15, -0.1) is 0 Å². The van der Waals surface area contributed by atoms with Crippen molar-refractivity contribution in [1.29, 1.82) is 0 Å². The van der Waals surface area contributed by atoms with Crippen LogP contribution in [0.5, 0.6) is 0 Å². The summed E-state index contributed by atoms with van der Waals surface area (Å²) in [7, 11) is 0. The van der Waals surface area contributed by atoms with Gasteiger partial charge in [0, 0.05) is 22.6 Å². The van der Waals surface area contributed by atoms with Crippen molar-refractivity contribution in [3.05, 3.63) is 33.3 Å². The van der Waals surface area contributed by atoms with Crippen molar-refractivity contribution in [3.63, 3.8) is 0 Å². The number of benzene rings is 1. The molecule has 0 amide bonds. The third-order valence-electron chi connectivity index (χ3n) is 2.56. The van der Waals surface area contributed by atoms with Gasteiger partial charge in [-0.1, -0.05) is 54.4 Å². The van der Waals surface area contributed by atoms with Gasteiger partial charge in [-0.05, 0) is 29.5 Å². The Hall–Kier alpha value is -0.0900. The van der Waals surface area contributed by atoms with Gasteiger partial charge in [0.05, 0.1) is 6.10 Å². The van der Waals surface area contributed by atoms with Crippen LogP contribution < -0.4 is 5.32 Å². The molecule has 0 fully saturated rings. The van der Waals surface area contributed by atoms with Gasteiger partial charge in [0.15, 0.2) is 0 Å². The number of nitrogens with one attached hydrogen (secondary N) is 1.